The van der Waals surface area contributed by atoms with Crippen LogP contribution in [0.3, 0.4) is 0 Å². The Hall–Kier alpha value is -3.03. The third kappa shape index (κ3) is 4.05. The Balaban J connectivity index is 1.68. The number of anilines is 1. The van der Waals surface area contributed by atoms with Crippen molar-refractivity contribution in [2.24, 2.45) is 0 Å². The van der Waals surface area contributed by atoms with E-state index in [9.17, 15) is 22.8 Å². The monoisotopic (exact) mass is 379 g/mol. The van der Waals surface area contributed by atoms with Gasteiger partial charge in [0.15, 0.2) is 6.61 Å². The molecule has 0 aliphatic carbocycles. The number of fused-ring (bicyclic) bond motifs is 1. The lowest BCUT2D eigenvalue weighted by Crippen LogP contribution is -2.33. The minimum Gasteiger partial charge on any atom is -0.484 e. The molecule has 0 unspecified atom stereocenters. The van der Waals surface area contributed by atoms with Gasteiger partial charge in [0.2, 0.25) is 0 Å². The van der Waals surface area contributed by atoms with Gasteiger partial charge in [0, 0.05) is 12.2 Å². The minimum absolute atomic E-state index is 0.0290. The Morgan fingerprint density at radius 2 is 1.93 bits per heavy atom. The zero-order valence-electron chi connectivity index (χ0n) is 14.4. The van der Waals surface area contributed by atoms with Gasteiger partial charge < -0.3 is 14.4 Å². The number of alkyl halides is 3. The first-order valence-corrected chi connectivity index (χ1v) is 8.11. The third-order valence-corrected chi connectivity index (χ3v) is 4.22. The van der Waals surface area contributed by atoms with E-state index in [0.717, 1.165) is 17.7 Å². The molecule has 0 radical (unpaired) electrons. The predicted molar refractivity (Wildman–Crippen MR) is 90.8 cm³/mol. The van der Waals surface area contributed by atoms with Crippen LogP contribution in [-0.4, -0.2) is 32.1 Å². The van der Waals surface area contributed by atoms with Gasteiger partial charge in [0.25, 0.3) is 5.91 Å². The van der Waals surface area contributed by atoms with Crippen molar-refractivity contribution in [3.05, 3.63) is 59.2 Å². The number of benzene rings is 2. The maximum Gasteiger partial charge on any atom is 0.416 e. The average molecular weight is 379 g/mol. The number of nitrogens with zero attached hydrogens (tertiary/aromatic N) is 1. The van der Waals surface area contributed by atoms with Gasteiger partial charge in [-0.3, -0.25) is 4.79 Å². The highest BCUT2D eigenvalue weighted by atomic mass is 19.4. The molecule has 0 atom stereocenters. The number of ether oxygens (including phenoxy) is 2. The molecule has 3 rings (SSSR count). The van der Waals surface area contributed by atoms with Crippen LogP contribution in [0.2, 0.25) is 0 Å². The second kappa shape index (κ2) is 7.30. The highest BCUT2D eigenvalue weighted by Crippen LogP contribution is 2.32. The second-order valence-corrected chi connectivity index (χ2v) is 5.94. The third-order valence-electron chi connectivity index (χ3n) is 4.22. The number of methoxy groups -OCH3 is 1. The molecule has 0 aromatic heterocycles. The number of hydrogen-bond donors (Lipinski definition) is 0. The summed E-state index contributed by atoms with van der Waals surface area (Å²) in [6, 6.07) is 9.26. The summed E-state index contributed by atoms with van der Waals surface area (Å²) in [6.45, 7) is 0.0181. The Morgan fingerprint density at radius 1 is 1.15 bits per heavy atom. The molecule has 5 nitrogen and oxygen atoms in total. The van der Waals surface area contributed by atoms with E-state index in [4.69, 9.17) is 4.74 Å². The number of halogens is 3. The number of amides is 1. The van der Waals surface area contributed by atoms with Crippen LogP contribution in [0, 0.1) is 0 Å². The average Bonchev–Trinajstić information content (AvgIpc) is 3.08. The molecule has 0 spiro atoms. The van der Waals surface area contributed by atoms with Crippen LogP contribution < -0.4 is 9.64 Å². The van der Waals surface area contributed by atoms with Crippen LogP contribution >= 0.6 is 0 Å². The molecule has 8 heteroatoms. The normalized spacial score (nSPS) is 13.3. The number of hydrogen-bond acceptors (Lipinski definition) is 4. The molecule has 1 heterocycles. The molecule has 0 N–H and O–H groups in total. The van der Waals surface area contributed by atoms with E-state index < -0.39 is 17.7 Å². The molecule has 1 aliphatic heterocycles. The fourth-order valence-electron chi connectivity index (χ4n) is 2.89. The molecule has 0 saturated carbocycles. The zero-order chi connectivity index (χ0) is 19.6. The van der Waals surface area contributed by atoms with Crippen LogP contribution in [0.4, 0.5) is 18.9 Å². The topological polar surface area (TPSA) is 55.8 Å². The zero-order valence-corrected chi connectivity index (χ0v) is 14.4. The number of rotatable bonds is 4. The number of carbonyl (C=O) groups is 2. The van der Waals surface area contributed by atoms with Crippen molar-refractivity contribution in [3.63, 3.8) is 0 Å². The van der Waals surface area contributed by atoms with Gasteiger partial charge in [-0.2, -0.15) is 13.2 Å². The predicted octanol–water partition coefficient (Wildman–Crippen LogP) is 3.46. The molecule has 0 saturated heterocycles. The lowest BCUT2D eigenvalue weighted by molar-refractivity contribution is -0.137. The summed E-state index contributed by atoms with van der Waals surface area (Å²) in [5.41, 5.74) is 1.03. The first kappa shape index (κ1) is 18.8. The maximum atomic E-state index is 12.7. The smallest absolute Gasteiger partial charge is 0.416 e. The van der Waals surface area contributed by atoms with Crippen LogP contribution in [-0.2, 0) is 22.1 Å². The van der Waals surface area contributed by atoms with E-state index in [1.807, 2.05) is 0 Å². The van der Waals surface area contributed by atoms with Crippen molar-refractivity contribution in [3.8, 4) is 5.75 Å². The quantitative estimate of drug-likeness (QED) is 0.764. The van der Waals surface area contributed by atoms with Gasteiger partial charge in [0.1, 0.15) is 5.75 Å². The van der Waals surface area contributed by atoms with E-state index in [2.05, 4.69) is 4.74 Å². The second-order valence-electron chi connectivity index (χ2n) is 5.94. The first-order chi connectivity index (χ1) is 12.8. The Labute approximate surface area is 153 Å². The summed E-state index contributed by atoms with van der Waals surface area (Å²) in [5.74, 6) is -0.869. The Morgan fingerprint density at radius 3 is 2.63 bits per heavy atom. The summed E-state index contributed by atoms with van der Waals surface area (Å²) < 4.78 is 48.1. The van der Waals surface area contributed by atoms with Crippen molar-refractivity contribution in [1.82, 2.24) is 0 Å². The Bertz CT molecular complexity index is 879. The van der Waals surface area contributed by atoms with E-state index in [1.54, 1.807) is 18.2 Å². The largest absolute Gasteiger partial charge is 0.484 e. The van der Waals surface area contributed by atoms with Gasteiger partial charge in [-0.15, -0.1) is 0 Å². The van der Waals surface area contributed by atoms with Gasteiger partial charge in [-0.25, -0.2) is 4.79 Å². The van der Waals surface area contributed by atoms with E-state index in [0.29, 0.717) is 24.2 Å². The van der Waals surface area contributed by atoms with Crippen LogP contribution in [0.5, 0.6) is 5.75 Å². The fraction of sp³-hybridized carbons (Fsp3) is 0.263. The molecule has 1 aliphatic rings. The molecule has 2 aromatic rings. The summed E-state index contributed by atoms with van der Waals surface area (Å²) in [6.07, 6.45) is -3.91. The van der Waals surface area contributed by atoms with E-state index >= 15 is 0 Å². The van der Waals surface area contributed by atoms with Crippen LogP contribution in [0.25, 0.3) is 0 Å². The summed E-state index contributed by atoms with van der Waals surface area (Å²) in [5, 5.41) is 0. The van der Waals surface area contributed by atoms with Crippen molar-refractivity contribution in [2.45, 2.75) is 12.6 Å². The lowest BCUT2D eigenvalue weighted by atomic mass is 10.1. The first-order valence-electron chi connectivity index (χ1n) is 8.11. The van der Waals surface area contributed by atoms with Crippen molar-refractivity contribution in [2.75, 3.05) is 25.2 Å². The molecule has 2 aromatic carbocycles. The highest BCUT2D eigenvalue weighted by molar-refractivity contribution is 5.98. The van der Waals surface area contributed by atoms with Crippen molar-refractivity contribution < 1.29 is 32.2 Å². The molecule has 27 heavy (non-hydrogen) atoms. The lowest BCUT2D eigenvalue weighted by Gasteiger charge is -2.18. The molecular formula is C19H16F3NO4. The molecule has 1 amide bonds. The highest BCUT2D eigenvalue weighted by Gasteiger charge is 2.31. The van der Waals surface area contributed by atoms with E-state index in [1.165, 1.54) is 24.1 Å². The molecule has 142 valence electrons. The van der Waals surface area contributed by atoms with Gasteiger partial charge in [-0.05, 0) is 48.4 Å². The number of esters is 1. The van der Waals surface area contributed by atoms with Crippen LogP contribution in [0.1, 0.15) is 21.5 Å². The molecule has 0 bridgehead atoms. The summed E-state index contributed by atoms with van der Waals surface area (Å²) in [4.78, 5) is 25.5. The van der Waals surface area contributed by atoms with Gasteiger partial charge in [-0.1, -0.05) is 6.07 Å². The van der Waals surface area contributed by atoms with Gasteiger partial charge >= 0.3 is 12.1 Å². The maximum absolute atomic E-state index is 12.7. The standard InChI is InChI=1S/C19H16F3NO4/c1-26-18(25)13-5-6-16-12(9-13)7-8-23(16)17(24)11-27-15-4-2-3-14(10-15)19(20,21)22/h2-6,9-10H,7-8,11H2,1H3. The van der Waals surface area contributed by atoms with Crippen molar-refractivity contribution in [1.29, 1.82) is 0 Å². The summed E-state index contributed by atoms with van der Waals surface area (Å²) >= 11 is 0. The van der Waals surface area contributed by atoms with Crippen LogP contribution in [0.15, 0.2) is 42.5 Å². The summed E-state index contributed by atoms with van der Waals surface area (Å²) in [7, 11) is 1.29. The SMILES string of the molecule is COC(=O)c1ccc2c(c1)CCN2C(=O)COc1cccc(C(F)(F)F)c1. The minimum atomic E-state index is -4.48. The Kier molecular flexibility index (Phi) is 5.07. The fourth-order valence-corrected chi connectivity index (χ4v) is 2.89. The van der Waals surface area contributed by atoms with E-state index in [-0.39, 0.29) is 18.3 Å². The molecule has 0 fully saturated rings. The molecular weight excluding hydrogens is 363 g/mol. The number of carbonyl (C=O) groups excluding carboxylic acids is 2. The van der Waals surface area contributed by atoms with Crippen molar-refractivity contribution >= 4 is 17.6 Å². The van der Waals surface area contributed by atoms with Gasteiger partial charge in [0.05, 0.1) is 18.2 Å².